The maximum atomic E-state index is 12.3. The summed E-state index contributed by atoms with van der Waals surface area (Å²) in [6, 6.07) is 11.7. The second-order valence-electron chi connectivity index (χ2n) is 6.47. The van der Waals surface area contributed by atoms with Crippen molar-refractivity contribution in [2.45, 2.75) is 51.2 Å². The summed E-state index contributed by atoms with van der Waals surface area (Å²) >= 11 is 0. The van der Waals surface area contributed by atoms with Crippen LogP contribution in [0.4, 0.5) is 4.79 Å². The standard InChI is InChI=1S/C18H27N3O/c1-2-19-18(22)21(16-8-9-16)17-10-12-20(13-11-17)14-15-6-4-3-5-7-15/h3-7,16-17H,2,8-14H2,1H3,(H,19,22). The molecule has 0 aromatic heterocycles. The number of rotatable bonds is 5. The van der Waals surface area contributed by atoms with Gasteiger partial charge >= 0.3 is 6.03 Å². The number of nitrogens with zero attached hydrogens (tertiary/aromatic N) is 2. The first-order valence-electron chi connectivity index (χ1n) is 8.60. The van der Waals surface area contributed by atoms with E-state index in [1.807, 2.05) is 6.92 Å². The number of likely N-dealkylation sites (tertiary alicyclic amines) is 1. The van der Waals surface area contributed by atoms with Crippen LogP contribution in [0.1, 0.15) is 38.2 Å². The van der Waals surface area contributed by atoms with Crippen LogP contribution in [0.25, 0.3) is 0 Å². The molecule has 1 aliphatic heterocycles. The first-order valence-corrected chi connectivity index (χ1v) is 8.60. The van der Waals surface area contributed by atoms with Gasteiger partial charge in [-0.05, 0) is 38.2 Å². The molecule has 1 aliphatic carbocycles. The molecule has 0 spiro atoms. The van der Waals surface area contributed by atoms with E-state index in [1.165, 1.54) is 18.4 Å². The molecule has 0 bridgehead atoms. The van der Waals surface area contributed by atoms with Crippen molar-refractivity contribution in [3.8, 4) is 0 Å². The summed E-state index contributed by atoms with van der Waals surface area (Å²) in [7, 11) is 0. The Morgan fingerprint density at radius 1 is 1.14 bits per heavy atom. The van der Waals surface area contributed by atoms with E-state index in [-0.39, 0.29) is 6.03 Å². The molecule has 120 valence electrons. The molecule has 2 amide bonds. The molecule has 0 unspecified atom stereocenters. The molecule has 22 heavy (non-hydrogen) atoms. The summed E-state index contributed by atoms with van der Waals surface area (Å²) in [5.74, 6) is 0. The highest BCUT2D eigenvalue weighted by Crippen LogP contribution is 2.32. The minimum Gasteiger partial charge on any atom is -0.338 e. The number of nitrogens with one attached hydrogen (secondary N) is 1. The second kappa shape index (κ2) is 7.14. The van der Waals surface area contributed by atoms with Gasteiger partial charge in [0.15, 0.2) is 0 Å². The Morgan fingerprint density at radius 3 is 2.36 bits per heavy atom. The van der Waals surface area contributed by atoms with Gasteiger partial charge in [-0.25, -0.2) is 4.79 Å². The minimum absolute atomic E-state index is 0.145. The monoisotopic (exact) mass is 301 g/mol. The Bertz CT molecular complexity index is 478. The van der Waals surface area contributed by atoms with Crippen LogP contribution in [0.3, 0.4) is 0 Å². The summed E-state index contributed by atoms with van der Waals surface area (Å²) in [5.41, 5.74) is 1.38. The fourth-order valence-corrected chi connectivity index (χ4v) is 3.42. The highest BCUT2D eigenvalue weighted by atomic mass is 16.2. The molecule has 3 rings (SSSR count). The summed E-state index contributed by atoms with van der Waals surface area (Å²) in [5, 5.41) is 2.99. The smallest absolute Gasteiger partial charge is 0.317 e. The Hall–Kier alpha value is -1.55. The van der Waals surface area contributed by atoms with E-state index < -0.39 is 0 Å². The molecular weight excluding hydrogens is 274 g/mol. The predicted molar refractivity (Wildman–Crippen MR) is 88.7 cm³/mol. The fourth-order valence-electron chi connectivity index (χ4n) is 3.42. The van der Waals surface area contributed by atoms with Crippen molar-refractivity contribution in [1.29, 1.82) is 0 Å². The first-order chi connectivity index (χ1) is 10.8. The van der Waals surface area contributed by atoms with Gasteiger partial charge in [0.2, 0.25) is 0 Å². The number of piperidine rings is 1. The molecule has 0 atom stereocenters. The van der Waals surface area contributed by atoms with Crippen molar-refractivity contribution >= 4 is 6.03 Å². The Morgan fingerprint density at radius 2 is 1.77 bits per heavy atom. The average Bonchev–Trinajstić information content (AvgIpc) is 3.35. The number of hydrogen-bond acceptors (Lipinski definition) is 2. The summed E-state index contributed by atoms with van der Waals surface area (Å²) in [6.07, 6.45) is 4.56. The SMILES string of the molecule is CCNC(=O)N(C1CC1)C1CCN(Cc2ccccc2)CC1. The largest absolute Gasteiger partial charge is 0.338 e. The van der Waals surface area contributed by atoms with Gasteiger partial charge in [-0.15, -0.1) is 0 Å². The van der Waals surface area contributed by atoms with Crippen LogP contribution in [-0.2, 0) is 6.54 Å². The third-order valence-corrected chi connectivity index (χ3v) is 4.70. The van der Waals surface area contributed by atoms with Crippen LogP contribution >= 0.6 is 0 Å². The lowest BCUT2D eigenvalue weighted by Gasteiger charge is -2.38. The minimum atomic E-state index is 0.145. The molecular formula is C18H27N3O. The van der Waals surface area contributed by atoms with Gasteiger partial charge in [0, 0.05) is 38.3 Å². The third-order valence-electron chi connectivity index (χ3n) is 4.70. The zero-order valence-corrected chi connectivity index (χ0v) is 13.5. The van der Waals surface area contributed by atoms with E-state index in [0.717, 1.165) is 39.0 Å². The number of carbonyl (C=O) groups is 1. The molecule has 1 N–H and O–H groups in total. The number of benzene rings is 1. The quantitative estimate of drug-likeness (QED) is 0.908. The van der Waals surface area contributed by atoms with Crippen LogP contribution in [0, 0.1) is 0 Å². The lowest BCUT2D eigenvalue weighted by atomic mass is 10.0. The zero-order valence-electron chi connectivity index (χ0n) is 13.5. The van der Waals surface area contributed by atoms with E-state index in [9.17, 15) is 4.79 Å². The fraction of sp³-hybridized carbons (Fsp3) is 0.611. The van der Waals surface area contributed by atoms with E-state index in [0.29, 0.717) is 12.1 Å². The highest BCUT2D eigenvalue weighted by molar-refractivity contribution is 5.75. The molecule has 2 fully saturated rings. The average molecular weight is 301 g/mol. The molecule has 1 aromatic carbocycles. The van der Waals surface area contributed by atoms with Crippen LogP contribution in [0.5, 0.6) is 0 Å². The lowest BCUT2D eigenvalue weighted by molar-refractivity contribution is 0.113. The maximum Gasteiger partial charge on any atom is 0.317 e. The van der Waals surface area contributed by atoms with Crippen molar-refractivity contribution in [3.05, 3.63) is 35.9 Å². The summed E-state index contributed by atoms with van der Waals surface area (Å²) < 4.78 is 0. The molecule has 4 nitrogen and oxygen atoms in total. The van der Waals surface area contributed by atoms with Crippen LogP contribution in [0.2, 0.25) is 0 Å². The van der Waals surface area contributed by atoms with Gasteiger partial charge < -0.3 is 10.2 Å². The van der Waals surface area contributed by atoms with Crippen molar-refractivity contribution in [2.24, 2.45) is 0 Å². The summed E-state index contributed by atoms with van der Waals surface area (Å²) in [4.78, 5) is 16.9. The molecule has 1 heterocycles. The normalized spacial score (nSPS) is 19.9. The second-order valence-corrected chi connectivity index (χ2v) is 6.47. The Balaban J connectivity index is 1.53. The van der Waals surface area contributed by atoms with Crippen molar-refractivity contribution in [1.82, 2.24) is 15.1 Å². The molecule has 1 saturated heterocycles. The molecule has 1 aromatic rings. The van der Waals surface area contributed by atoms with Crippen molar-refractivity contribution < 1.29 is 4.79 Å². The molecule has 2 aliphatic rings. The number of urea groups is 1. The lowest BCUT2D eigenvalue weighted by Crippen LogP contribution is -2.51. The zero-order chi connectivity index (χ0) is 15.4. The molecule has 4 heteroatoms. The Kier molecular flexibility index (Phi) is 4.98. The molecule has 0 radical (unpaired) electrons. The van der Waals surface area contributed by atoms with Crippen LogP contribution < -0.4 is 5.32 Å². The number of hydrogen-bond donors (Lipinski definition) is 1. The van der Waals surface area contributed by atoms with E-state index in [2.05, 4.69) is 45.4 Å². The van der Waals surface area contributed by atoms with Gasteiger partial charge in [-0.3, -0.25) is 4.90 Å². The first kappa shape index (κ1) is 15.3. The van der Waals surface area contributed by atoms with Gasteiger partial charge in [-0.1, -0.05) is 30.3 Å². The Labute approximate surface area is 133 Å². The number of carbonyl (C=O) groups excluding carboxylic acids is 1. The topological polar surface area (TPSA) is 35.6 Å². The van der Waals surface area contributed by atoms with Gasteiger partial charge in [-0.2, -0.15) is 0 Å². The summed E-state index contributed by atoms with van der Waals surface area (Å²) in [6.45, 7) is 5.91. The predicted octanol–water partition coefficient (Wildman–Crippen LogP) is 2.84. The third kappa shape index (κ3) is 3.80. The van der Waals surface area contributed by atoms with E-state index in [1.54, 1.807) is 0 Å². The van der Waals surface area contributed by atoms with Crippen LogP contribution in [-0.4, -0.2) is 47.5 Å². The maximum absolute atomic E-state index is 12.3. The number of amides is 2. The highest BCUT2D eigenvalue weighted by Gasteiger charge is 2.38. The van der Waals surface area contributed by atoms with Crippen LogP contribution in [0.15, 0.2) is 30.3 Å². The van der Waals surface area contributed by atoms with Gasteiger partial charge in [0.25, 0.3) is 0 Å². The van der Waals surface area contributed by atoms with E-state index in [4.69, 9.17) is 0 Å². The van der Waals surface area contributed by atoms with Crippen molar-refractivity contribution in [3.63, 3.8) is 0 Å². The van der Waals surface area contributed by atoms with Gasteiger partial charge in [0.1, 0.15) is 0 Å². The van der Waals surface area contributed by atoms with Gasteiger partial charge in [0.05, 0.1) is 0 Å². The van der Waals surface area contributed by atoms with E-state index >= 15 is 0 Å². The molecule has 1 saturated carbocycles. The van der Waals surface area contributed by atoms with Crippen molar-refractivity contribution in [2.75, 3.05) is 19.6 Å².